The van der Waals surface area contributed by atoms with E-state index < -0.39 is 11.6 Å². The molecule has 0 saturated heterocycles. The van der Waals surface area contributed by atoms with Crippen LogP contribution >= 0.6 is 0 Å². The molecule has 1 unspecified atom stereocenters. The molecule has 0 aromatic heterocycles. The average molecular weight is 196 g/mol. The van der Waals surface area contributed by atoms with Gasteiger partial charge in [0.25, 0.3) is 0 Å². The average Bonchev–Trinajstić information content (AvgIpc) is 2.44. The number of carbonyl (C=O) groups is 1. The van der Waals surface area contributed by atoms with Crippen LogP contribution < -0.4 is 0 Å². The highest BCUT2D eigenvalue weighted by Crippen LogP contribution is 2.60. The second-order valence-corrected chi connectivity index (χ2v) is 5.34. The van der Waals surface area contributed by atoms with Gasteiger partial charge in [-0.3, -0.25) is 0 Å². The first-order valence-corrected chi connectivity index (χ1v) is 5.58. The van der Waals surface area contributed by atoms with Crippen LogP contribution in [0.2, 0.25) is 0 Å². The van der Waals surface area contributed by atoms with Crippen molar-refractivity contribution in [2.45, 2.75) is 37.7 Å². The third-order valence-electron chi connectivity index (χ3n) is 4.83. The van der Waals surface area contributed by atoms with Gasteiger partial charge in [-0.25, -0.2) is 4.79 Å². The van der Waals surface area contributed by atoms with Crippen molar-refractivity contribution < 1.29 is 15.0 Å². The molecular formula is C11H16O3. The van der Waals surface area contributed by atoms with Crippen molar-refractivity contribution in [1.29, 1.82) is 0 Å². The summed E-state index contributed by atoms with van der Waals surface area (Å²) in [6.45, 7) is 0. The Hall–Kier alpha value is -0.570. The van der Waals surface area contributed by atoms with Crippen molar-refractivity contribution in [2.75, 3.05) is 0 Å². The number of hydrogen-bond acceptors (Lipinski definition) is 2. The minimum absolute atomic E-state index is 0.0301. The zero-order chi connectivity index (χ0) is 9.92. The molecule has 78 valence electrons. The predicted octanol–water partition coefficient (Wildman–Crippen LogP) is 1.26. The van der Waals surface area contributed by atoms with Gasteiger partial charge in [0.15, 0.2) is 5.60 Å². The van der Waals surface area contributed by atoms with E-state index in [2.05, 4.69) is 0 Å². The van der Waals surface area contributed by atoms with Crippen LogP contribution in [0, 0.1) is 23.7 Å². The van der Waals surface area contributed by atoms with Crippen molar-refractivity contribution in [3.05, 3.63) is 0 Å². The lowest BCUT2D eigenvalue weighted by atomic mass is 9.83. The Morgan fingerprint density at radius 2 is 2.00 bits per heavy atom. The summed E-state index contributed by atoms with van der Waals surface area (Å²) in [6, 6.07) is 0. The molecule has 3 heteroatoms. The second-order valence-electron chi connectivity index (χ2n) is 5.34. The van der Waals surface area contributed by atoms with Crippen LogP contribution in [0.3, 0.4) is 0 Å². The highest BCUT2D eigenvalue weighted by atomic mass is 16.4. The first-order valence-electron chi connectivity index (χ1n) is 5.58. The third-order valence-corrected chi connectivity index (χ3v) is 4.83. The summed E-state index contributed by atoms with van der Waals surface area (Å²) >= 11 is 0. The quantitative estimate of drug-likeness (QED) is 0.663. The van der Waals surface area contributed by atoms with E-state index in [1.165, 1.54) is 0 Å². The van der Waals surface area contributed by atoms with Crippen LogP contribution in [-0.2, 0) is 4.79 Å². The van der Waals surface area contributed by atoms with Gasteiger partial charge in [0.1, 0.15) is 0 Å². The lowest BCUT2D eigenvalue weighted by molar-refractivity contribution is -0.168. The monoisotopic (exact) mass is 196 g/mol. The summed E-state index contributed by atoms with van der Waals surface area (Å²) in [7, 11) is 0. The van der Waals surface area contributed by atoms with Crippen LogP contribution in [0.5, 0.6) is 0 Å². The van der Waals surface area contributed by atoms with Gasteiger partial charge < -0.3 is 10.2 Å². The maximum atomic E-state index is 11.2. The molecule has 0 aliphatic heterocycles. The Morgan fingerprint density at radius 1 is 1.21 bits per heavy atom. The van der Waals surface area contributed by atoms with Crippen molar-refractivity contribution in [2.24, 2.45) is 23.7 Å². The largest absolute Gasteiger partial charge is 0.479 e. The smallest absolute Gasteiger partial charge is 0.336 e. The predicted molar refractivity (Wildman–Crippen MR) is 49.6 cm³/mol. The molecule has 4 aliphatic rings. The lowest BCUT2D eigenvalue weighted by Crippen LogP contribution is -2.47. The molecule has 2 N–H and O–H groups in total. The van der Waals surface area contributed by atoms with Gasteiger partial charge in [0.05, 0.1) is 0 Å². The van der Waals surface area contributed by atoms with Crippen LogP contribution in [-0.4, -0.2) is 21.8 Å². The fourth-order valence-corrected chi connectivity index (χ4v) is 4.23. The molecule has 0 radical (unpaired) electrons. The Kier molecular flexibility index (Phi) is 1.56. The van der Waals surface area contributed by atoms with Crippen molar-refractivity contribution in [1.82, 2.24) is 0 Å². The molecule has 4 aliphatic carbocycles. The molecular weight excluding hydrogens is 180 g/mol. The Bertz CT molecular complexity index is 288. The van der Waals surface area contributed by atoms with Gasteiger partial charge >= 0.3 is 5.97 Å². The van der Waals surface area contributed by atoms with Crippen molar-refractivity contribution >= 4 is 5.97 Å². The molecule has 3 nitrogen and oxygen atoms in total. The van der Waals surface area contributed by atoms with E-state index in [1.807, 2.05) is 0 Å². The summed E-state index contributed by atoms with van der Waals surface area (Å²) in [6.07, 6.45) is 5.11. The van der Waals surface area contributed by atoms with Crippen molar-refractivity contribution in [3.8, 4) is 0 Å². The van der Waals surface area contributed by atoms with E-state index in [4.69, 9.17) is 0 Å². The Morgan fingerprint density at radius 3 is 2.71 bits per heavy atom. The molecule has 0 aromatic carbocycles. The molecule has 4 saturated carbocycles. The van der Waals surface area contributed by atoms with Gasteiger partial charge in [-0.2, -0.15) is 0 Å². The van der Waals surface area contributed by atoms with Crippen LogP contribution in [0.4, 0.5) is 0 Å². The maximum absolute atomic E-state index is 11.2. The van der Waals surface area contributed by atoms with E-state index in [0.717, 1.165) is 32.1 Å². The summed E-state index contributed by atoms with van der Waals surface area (Å²) in [5, 5.41) is 19.5. The SMILES string of the molecule is O=C(O)C1(O)[C@@H]2CC[C@H]3C[C@@H](C2)[C@H]1C3. The molecule has 4 bridgehead atoms. The number of aliphatic hydroxyl groups is 1. The highest BCUT2D eigenvalue weighted by molar-refractivity contribution is 5.79. The minimum atomic E-state index is -1.38. The topological polar surface area (TPSA) is 57.5 Å². The van der Waals surface area contributed by atoms with Gasteiger partial charge in [0.2, 0.25) is 0 Å². The fourth-order valence-electron chi connectivity index (χ4n) is 4.23. The summed E-state index contributed by atoms with van der Waals surface area (Å²) in [5.41, 5.74) is -1.38. The summed E-state index contributed by atoms with van der Waals surface area (Å²) in [5.74, 6) is 0.300. The van der Waals surface area contributed by atoms with E-state index in [-0.39, 0.29) is 11.8 Å². The number of aliphatic carboxylic acids is 1. The molecule has 14 heavy (non-hydrogen) atoms. The summed E-state index contributed by atoms with van der Waals surface area (Å²) in [4.78, 5) is 11.2. The van der Waals surface area contributed by atoms with Gasteiger partial charge in [-0.05, 0) is 43.4 Å². The lowest BCUT2D eigenvalue weighted by Gasteiger charge is -2.28. The first-order chi connectivity index (χ1) is 6.62. The van der Waals surface area contributed by atoms with Crippen LogP contribution in [0.15, 0.2) is 0 Å². The Balaban J connectivity index is 2.05. The summed E-state index contributed by atoms with van der Waals surface area (Å²) < 4.78 is 0. The van der Waals surface area contributed by atoms with Crippen LogP contribution in [0.25, 0.3) is 0 Å². The molecule has 4 rings (SSSR count). The number of carboxylic acids is 1. The Labute approximate surface area is 83.1 Å². The minimum Gasteiger partial charge on any atom is -0.479 e. The number of carboxylic acid groups (broad SMARTS) is 1. The third kappa shape index (κ3) is 0.842. The molecule has 5 atom stereocenters. The normalized spacial score (nSPS) is 54.9. The number of rotatable bonds is 1. The second kappa shape index (κ2) is 2.51. The maximum Gasteiger partial charge on any atom is 0.336 e. The van der Waals surface area contributed by atoms with E-state index in [0.29, 0.717) is 11.8 Å². The fraction of sp³-hybridized carbons (Fsp3) is 0.909. The molecule has 0 heterocycles. The number of hydrogen-bond donors (Lipinski definition) is 2. The van der Waals surface area contributed by atoms with Crippen molar-refractivity contribution in [3.63, 3.8) is 0 Å². The van der Waals surface area contributed by atoms with Gasteiger partial charge in [-0.15, -0.1) is 0 Å². The standard InChI is InChI=1S/C11H16O3/c12-10(13)11(14)8-2-1-6-3-7(5-8)9(11)4-6/h6-9,14H,1-5H2,(H,12,13)/t6-,7-,8+,9+,11?/m0/s1. The van der Waals surface area contributed by atoms with E-state index in [1.54, 1.807) is 0 Å². The molecule has 0 amide bonds. The van der Waals surface area contributed by atoms with E-state index >= 15 is 0 Å². The first kappa shape index (κ1) is 8.72. The highest BCUT2D eigenvalue weighted by Gasteiger charge is 2.63. The van der Waals surface area contributed by atoms with Gasteiger partial charge in [-0.1, -0.05) is 6.42 Å². The zero-order valence-corrected chi connectivity index (χ0v) is 8.15. The van der Waals surface area contributed by atoms with E-state index in [9.17, 15) is 15.0 Å². The molecule has 0 aromatic rings. The number of fused-ring (bicyclic) bond motifs is 1. The van der Waals surface area contributed by atoms with Gasteiger partial charge in [0, 0.05) is 5.92 Å². The van der Waals surface area contributed by atoms with Crippen LogP contribution in [0.1, 0.15) is 32.1 Å². The molecule has 4 fully saturated rings. The zero-order valence-electron chi connectivity index (χ0n) is 8.15. The molecule has 0 spiro atoms.